The average molecular weight is 410 g/mol. The smallest absolute Gasteiger partial charge is 0.125 e. The summed E-state index contributed by atoms with van der Waals surface area (Å²) in [4.78, 5) is 12.3. The Morgan fingerprint density at radius 2 is 1.90 bits per heavy atom. The molecule has 2 aromatic heterocycles. The predicted octanol–water partition coefficient (Wildman–Crippen LogP) is 4.30. The Bertz CT molecular complexity index is 916. The molecule has 1 unspecified atom stereocenters. The van der Waals surface area contributed by atoms with E-state index in [0.29, 0.717) is 13.0 Å². The van der Waals surface area contributed by atoms with Crippen LogP contribution < -0.4 is 4.74 Å². The fourth-order valence-corrected chi connectivity index (χ4v) is 4.84. The highest BCUT2D eigenvalue weighted by Gasteiger charge is 2.35. The first-order valence-electron chi connectivity index (χ1n) is 10.1. The third-order valence-corrected chi connectivity index (χ3v) is 6.79. The molecule has 1 saturated heterocycles. The van der Waals surface area contributed by atoms with Crippen molar-refractivity contribution in [1.82, 2.24) is 14.9 Å². The van der Waals surface area contributed by atoms with Gasteiger partial charge in [0.15, 0.2) is 0 Å². The molecule has 1 fully saturated rings. The molecule has 0 spiro atoms. The molecule has 0 saturated carbocycles. The highest BCUT2D eigenvalue weighted by molar-refractivity contribution is 7.11. The molecule has 5 nitrogen and oxygen atoms in total. The third-order valence-electron chi connectivity index (χ3n) is 5.47. The minimum absolute atomic E-state index is 0.484. The number of hydrogen-bond acceptors (Lipinski definition) is 6. The second kappa shape index (κ2) is 9.03. The van der Waals surface area contributed by atoms with E-state index in [9.17, 15) is 5.11 Å². The largest absolute Gasteiger partial charge is 0.488 e. The molecule has 3 aromatic rings. The second-order valence-corrected chi connectivity index (χ2v) is 8.73. The van der Waals surface area contributed by atoms with Crippen LogP contribution in [0.2, 0.25) is 0 Å². The quantitative estimate of drug-likeness (QED) is 0.658. The minimum atomic E-state index is -0.854. The highest BCUT2D eigenvalue weighted by atomic mass is 32.1. The lowest BCUT2D eigenvalue weighted by molar-refractivity contribution is 0.0207. The van der Waals surface area contributed by atoms with Crippen LogP contribution in [-0.4, -0.2) is 33.1 Å². The third kappa shape index (κ3) is 5.01. The van der Waals surface area contributed by atoms with E-state index in [1.165, 1.54) is 5.56 Å². The Balaban J connectivity index is 1.41. The molecule has 4 rings (SSSR count). The maximum atomic E-state index is 11.4. The summed E-state index contributed by atoms with van der Waals surface area (Å²) in [5.41, 5.74) is 1.36. The van der Waals surface area contributed by atoms with E-state index in [-0.39, 0.29) is 0 Å². The number of aryl methyl sites for hydroxylation is 1. The summed E-state index contributed by atoms with van der Waals surface area (Å²) >= 11 is 1.59. The van der Waals surface area contributed by atoms with E-state index in [0.717, 1.165) is 53.8 Å². The molecule has 1 N–H and O–H groups in total. The van der Waals surface area contributed by atoms with Gasteiger partial charge in [-0.3, -0.25) is 9.88 Å². The number of para-hydroxylation sites is 1. The van der Waals surface area contributed by atoms with Gasteiger partial charge >= 0.3 is 0 Å². The van der Waals surface area contributed by atoms with Gasteiger partial charge in [0.05, 0.1) is 10.6 Å². The van der Waals surface area contributed by atoms with Gasteiger partial charge in [0.1, 0.15) is 23.0 Å². The maximum absolute atomic E-state index is 11.4. The summed E-state index contributed by atoms with van der Waals surface area (Å²) < 4.78 is 5.89. The molecule has 29 heavy (non-hydrogen) atoms. The summed E-state index contributed by atoms with van der Waals surface area (Å²) in [7, 11) is 0. The molecule has 152 valence electrons. The van der Waals surface area contributed by atoms with Crippen molar-refractivity contribution in [3.05, 3.63) is 76.0 Å². The lowest BCUT2D eigenvalue weighted by Crippen LogP contribution is -2.29. The van der Waals surface area contributed by atoms with Crippen LogP contribution in [-0.2, 0) is 18.8 Å². The molecule has 6 heteroatoms. The Labute approximate surface area is 176 Å². The predicted molar refractivity (Wildman–Crippen MR) is 115 cm³/mol. The van der Waals surface area contributed by atoms with Crippen molar-refractivity contribution >= 4 is 11.3 Å². The normalized spacial score (nSPS) is 20.3. The Morgan fingerprint density at radius 3 is 2.69 bits per heavy atom. The molecular formula is C23H27N3O2S. The van der Waals surface area contributed by atoms with Gasteiger partial charge in [-0.2, -0.15) is 0 Å². The van der Waals surface area contributed by atoms with Crippen molar-refractivity contribution in [2.45, 2.75) is 44.9 Å². The van der Waals surface area contributed by atoms with Crippen LogP contribution in [0.1, 0.15) is 40.4 Å². The molecule has 0 bridgehead atoms. The van der Waals surface area contributed by atoms with Gasteiger partial charge < -0.3 is 9.84 Å². The van der Waals surface area contributed by atoms with Crippen molar-refractivity contribution < 1.29 is 9.84 Å². The van der Waals surface area contributed by atoms with Crippen molar-refractivity contribution in [2.24, 2.45) is 0 Å². The zero-order valence-electron chi connectivity index (χ0n) is 16.8. The van der Waals surface area contributed by atoms with Gasteiger partial charge in [0.2, 0.25) is 0 Å². The van der Waals surface area contributed by atoms with Gasteiger partial charge in [-0.25, -0.2) is 4.98 Å². The molecule has 0 amide bonds. The molecule has 1 aliphatic rings. The lowest BCUT2D eigenvalue weighted by atomic mass is 9.96. The lowest BCUT2D eigenvalue weighted by Gasteiger charge is -2.24. The number of ether oxygens (including phenoxy) is 1. The number of thiazole rings is 1. The van der Waals surface area contributed by atoms with E-state index in [1.54, 1.807) is 11.3 Å². The summed E-state index contributed by atoms with van der Waals surface area (Å²) in [6.07, 6.45) is 6.06. The summed E-state index contributed by atoms with van der Waals surface area (Å²) in [6.45, 7) is 5.22. The number of pyridine rings is 1. The first-order valence-corrected chi connectivity index (χ1v) is 10.9. The molecule has 1 atom stereocenters. The zero-order valence-corrected chi connectivity index (χ0v) is 17.6. The van der Waals surface area contributed by atoms with Gasteiger partial charge in [0.25, 0.3) is 0 Å². The number of nitrogens with zero attached hydrogens (tertiary/aromatic N) is 3. The standard InChI is InChI=1S/C23H27N3O2S/c1-18-21(17-28-20-6-3-2-4-7-20)29-22(25-18)23(27)10-5-14-26(15-11-23)16-19-8-12-24-13-9-19/h2-4,6-9,12-13,27H,5,10-11,14-17H2,1H3. The number of hydrogen-bond donors (Lipinski definition) is 1. The molecule has 0 aliphatic carbocycles. The van der Waals surface area contributed by atoms with Crippen LogP contribution in [0.4, 0.5) is 0 Å². The van der Waals surface area contributed by atoms with Crippen LogP contribution in [0, 0.1) is 6.92 Å². The van der Waals surface area contributed by atoms with Crippen LogP contribution in [0.15, 0.2) is 54.9 Å². The molecule has 3 heterocycles. The van der Waals surface area contributed by atoms with E-state index in [1.807, 2.05) is 49.6 Å². The van der Waals surface area contributed by atoms with E-state index in [2.05, 4.69) is 22.0 Å². The molecule has 0 radical (unpaired) electrons. The zero-order chi connectivity index (χ0) is 20.1. The number of rotatable bonds is 6. The first-order chi connectivity index (χ1) is 14.1. The SMILES string of the molecule is Cc1nc(C2(O)CCCN(Cc3ccncc3)CC2)sc1COc1ccccc1. The number of aromatic nitrogens is 2. The number of aliphatic hydroxyl groups is 1. The fraction of sp³-hybridized carbons (Fsp3) is 0.391. The Morgan fingerprint density at radius 1 is 1.10 bits per heavy atom. The fourth-order valence-electron chi connectivity index (χ4n) is 3.72. The van der Waals surface area contributed by atoms with Gasteiger partial charge in [-0.05, 0) is 62.6 Å². The number of benzene rings is 1. The van der Waals surface area contributed by atoms with Crippen molar-refractivity contribution in [3.8, 4) is 5.75 Å². The summed E-state index contributed by atoms with van der Waals surface area (Å²) in [5, 5.41) is 12.2. The van der Waals surface area contributed by atoms with Crippen LogP contribution >= 0.6 is 11.3 Å². The molecule has 1 aliphatic heterocycles. The van der Waals surface area contributed by atoms with E-state index >= 15 is 0 Å². The van der Waals surface area contributed by atoms with Crippen molar-refractivity contribution in [1.29, 1.82) is 0 Å². The summed E-state index contributed by atoms with van der Waals surface area (Å²) in [5.74, 6) is 0.849. The topological polar surface area (TPSA) is 58.5 Å². The number of likely N-dealkylation sites (tertiary alicyclic amines) is 1. The van der Waals surface area contributed by atoms with Gasteiger partial charge in [-0.15, -0.1) is 11.3 Å². The summed E-state index contributed by atoms with van der Waals surface area (Å²) in [6, 6.07) is 13.9. The average Bonchev–Trinajstić information content (AvgIpc) is 3.02. The molecule has 1 aromatic carbocycles. The monoisotopic (exact) mass is 409 g/mol. The van der Waals surface area contributed by atoms with E-state index < -0.39 is 5.60 Å². The maximum Gasteiger partial charge on any atom is 0.125 e. The minimum Gasteiger partial charge on any atom is -0.488 e. The molecular weight excluding hydrogens is 382 g/mol. The van der Waals surface area contributed by atoms with Gasteiger partial charge in [0, 0.05) is 25.5 Å². The first kappa shape index (κ1) is 20.0. The van der Waals surface area contributed by atoms with E-state index in [4.69, 9.17) is 9.72 Å². The highest BCUT2D eigenvalue weighted by Crippen LogP contribution is 2.37. The van der Waals surface area contributed by atoms with Crippen LogP contribution in [0.5, 0.6) is 5.75 Å². The van der Waals surface area contributed by atoms with Crippen molar-refractivity contribution in [3.63, 3.8) is 0 Å². The van der Waals surface area contributed by atoms with Crippen molar-refractivity contribution in [2.75, 3.05) is 13.1 Å². The Hall–Kier alpha value is -2.28. The Kier molecular flexibility index (Phi) is 6.23. The van der Waals surface area contributed by atoms with Gasteiger partial charge in [-0.1, -0.05) is 18.2 Å². The van der Waals surface area contributed by atoms with Crippen LogP contribution in [0.3, 0.4) is 0 Å². The van der Waals surface area contributed by atoms with Crippen LogP contribution in [0.25, 0.3) is 0 Å². The second-order valence-electron chi connectivity index (χ2n) is 7.65.